The van der Waals surface area contributed by atoms with Crippen molar-refractivity contribution in [3.8, 4) is 0 Å². The van der Waals surface area contributed by atoms with Gasteiger partial charge in [0.1, 0.15) is 10.7 Å². The molecule has 2 aromatic rings. The van der Waals surface area contributed by atoms with Gasteiger partial charge < -0.3 is 4.90 Å². The van der Waals surface area contributed by atoms with Gasteiger partial charge in [-0.25, -0.2) is 12.8 Å². The molecule has 1 unspecified atom stereocenters. The van der Waals surface area contributed by atoms with E-state index in [1.54, 1.807) is 0 Å². The molecule has 30 heavy (non-hydrogen) atoms. The van der Waals surface area contributed by atoms with Crippen LogP contribution in [0.5, 0.6) is 0 Å². The molecule has 1 aliphatic carbocycles. The van der Waals surface area contributed by atoms with E-state index in [0.29, 0.717) is 12.8 Å². The van der Waals surface area contributed by atoms with Crippen molar-refractivity contribution in [3.05, 3.63) is 65.5 Å². The van der Waals surface area contributed by atoms with E-state index in [1.165, 1.54) is 33.6 Å². The molecule has 2 aromatic carbocycles. The number of carbonyl (C=O) groups is 1. The Kier molecular flexibility index (Phi) is 5.93. The Hall–Kier alpha value is -2.25. The second-order valence-corrected chi connectivity index (χ2v) is 10.1. The molecule has 160 valence electrons. The van der Waals surface area contributed by atoms with Crippen LogP contribution in [0.4, 0.5) is 4.39 Å². The quantitative estimate of drug-likeness (QED) is 0.742. The number of hydrogen-bond acceptors (Lipinski definition) is 3. The Bertz CT molecular complexity index is 1030. The maximum absolute atomic E-state index is 14.0. The van der Waals surface area contributed by atoms with Crippen LogP contribution in [0.15, 0.2) is 53.4 Å². The summed E-state index contributed by atoms with van der Waals surface area (Å²) >= 11 is 0. The minimum Gasteiger partial charge on any atom is -0.338 e. The lowest BCUT2D eigenvalue weighted by atomic mass is 9.86. The molecule has 0 bridgehead atoms. The maximum Gasteiger partial charge on any atom is 0.245 e. The van der Waals surface area contributed by atoms with E-state index < -0.39 is 15.8 Å². The first-order chi connectivity index (χ1) is 14.4. The third-order valence-corrected chi connectivity index (χ3v) is 8.34. The predicted octanol–water partition coefficient (Wildman–Crippen LogP) is 3.76. The highest BCUT2D eigenvalue weighted by Gasteiger charge is 2.36. The molecule has 5 nitrogen and oxygen atoms in total. The van der Waals surface area contributed by atoms with Crippen LogP contribution in [0, 0.1) is 11.7 Å². The number of aryl methyl sites for hydroxylation is 1. The van der Waals surface area contributed by atoms with Crippen molar-refractivity contribution in [2.45, 2.75) is 43.0 Å². The van der Waals surface area contributed by atoms with E-state index in [9.17, 15) is 17.6 Å². The Labute approximate surface area is 177 Å². The third-order valence-electron chi connectivity index (χ3n) is 6.41. The highest BCUT2D eigenvalue weighted by atomic mass is 32.2. The van der Waals surface area contributed by atoms with E-state index >= 15 is 0 Å². The van der Waals surface area contributed by atoms with Crippen molar-refractivity contribution < 1.29 is 17.6 Å². The van der Waals surface area contributed by atoms with Gasteiger partial charge >= 0.3 is 0 Å². The fourth-order valence-corrected chi connectivity index (χ4v) is 6.24. The third kappa shape index (κ3) is 3.88. The SMILES string of the molecule is CN(C(=O)C1CCN(S(=O)(=O)c2ccccc2F)CC1)C1CCCc2ccccc21. The van der Waals surface area contributed by atoms with E-state index in [2.05, 4.69) is 12.1 Å². The number of nitrogens with zero attached hydrogens (tertiary/aromatic N) is 2. The number of piperidine rings is 1. The van der Waals surface area contributed by atoms with Gasteiger partial charge in [0.15, 0.2) is 0 Å². The average Bonchev–Trinajstić information content (AvgIpc) is 2.78. The molecule has 2 aliphatic rings. The first-order valence-corrected chi connectivity index (χ1v) is 11.9. The molecule has 0 spiro atoms. The second kappa shape index (κ2) is 8.47. The maximum atomic E-state index is 14.0. The van der Waals surface area contributed by atoms with E-state index in [0.717, 1.165) is 25.3 Å². The van der Waals surface area contributed by atoms with Crippen molar-refractivity contribution >= 4 is 15.9 Å². The van der Waals surface area contributed by atoms with Gasteiger partial charge in [0, 0.05) is 26.1 Å². The van der Waals surface area contributed by atoms with Crippen LogP contribution < -0.4 is 0 Å². The minimum absolute atomic E-state index is 0.0691. The van der Waals surface area contributed by atoms with Gasteiger partial charge in [-0.3, -0.25) is 4.79 Å². The molecule has 0 radical (unpaired) electrons. The van der Waals surface area contributed by atoms with Gasteiger partial charge in [0.25, 0.3) is 0 Å². The van der Waals surface area contributed by atoms with Gasteiger partial charge in [-0.15, -0.1) is 0 Å². The summed E-state index contributed by atoms with van der Waals surface area (Å²) in [5, 5.41) is 0. The van der Waals surface area contributed by atoms with Gasteiger partial charge in [0.05, 0.1) is 6.04 Å². The Morgan fingerprint density at radius 3 is 2.43 bits per heavy atom. The van der Waals surface area contributed by atoms with Crippen molar-refractivity contribution in [1.82, 2.24) is 9.21 Å². The molecular weight excluding hydrogens is 403 g/mol. The number of benzene rings is 2. The molecule has 0 N–H and O–H groups in total. The minimum atomic E-state index is -3.89. The summed E-state index contributed by atoms with van der Waals surface area (Å²) in [6.07, 6.45) is 3.94. The highest BCUT2D eigenvalue weighted by molar-refractivity contribution is 7.89. The molecule has 1 aliphatic heterocycles. The molecule has 1 amide bonds. The fourth-order valence-electron chi connectivity index (χ4n) is 4.71. The molecule has 4 rings (SSSR count). The summed E-state index contributed by atoms with van der Waals surface area (Å²) in [7, 11) is -2.03. The predicted molar refractivity (Wildman–Crippen MR) is 113 cm³/mol. The van der Waals surface area contributed by atoms with Gasteiger partial charge in [-0.05, 0) is 55.4 Å². The number of fused-ring (bicyclic) bond motifs is 1. The summed E-state index contributed by atoms with van der Waals surface area (Å²) in [4.78, 5) is 14.7. The highest BCUT2D eigenvalue weighted by Crippen LogP contribution is 2.35. The zero-order valence-corrected chi connectivity index (χ0v) is 17.9. The van der Waals surface area contributed by atoms with Gasteiger partial charge in [0.2, 0.25) is 15.9 Å². The lowest BCUT2D eigenvalue weighted by molar-refractivity contribution is -0.138. The van der Waals surface area contributed by atoms with Gasteiger partial charge in [-0.1, -0.05) is 36.4 Å². The summed E-state index contributed by atoms with van der Waals surface area (Å²) in [5.41, 5.74) is 2.53. The molecule has 7 heteroatoms. The smallest absolute Gasteiger partial charge is 0.245 e. The molecule has 1 fully saturated rings. The molecule has 0 aromatic heterocycles. The first-order valence-electron chi connectivity index (χ1n) is 10.5. The normalized spacial score (nSPS) is 20.5. The molecule has 1 saturated heterocycles. The molecule has 1 heterocycles. The van der Waals surface area contributed by atoms with Crippen molar-refractivity contribution in [2.75, 3.05) is 20.1 Å². The van der Waals surface area contributed by atoms with Crippen molar-refractivity contribution in [2.24, 2.45) is 5.92 Å². The topological polar surface area (TPSA) is 57.7 Å². The second-order valence-electron chi connectivity index (χ2n) is 8.16. The summed E-state index contributed by atoms with van der Waals surface area (Å²) in [6, 6.07) is 13.8. The summed E-state index contributed by atoms with van der Waals surface area (Å²) in [6.45, 7) is 0.449. The number of carbonyl (C=O) groups excluding carboxylic acids is 1. The number of rotatable bonds is 4. The largest absolute Gasteiger partial charge is 0.338 e. The van der Waals surface area contributed by atoms with E-state index in [1.807, 2.05) is 24.1 Å². The van der Waals surface area contributed by atoms with E-state index in [4.69, 9.17) is 0 Å². The standard InChI is InChI=1S/C23H27FN2O3S/c1-25(21-11-6-8-17-7-2-3-9-19(17)21)23(27)18-13-15-26(16-14-18)30(28,29)22-12-5-4-10-20(22)24/h2-5,7,9-10,12,18,21H,6,8,11,13-16H2,1H3. The lowest BCUT2D eigenvalue weighted by Gasteiger charge is -2.37. The van der Waals surface area contributed by atoms with Gasteiger partial charge in [-0.2, -0.15) is 4.31 Å². The van der Waals surface area contributed by atoms with Crippen LogP contribution in [0.25, 0.3) is 0 Å². The lowest BCUT2D eigenvalue weighted by Crippen LogP contribution is -2.44. The summed E-state index contributed by atoms with van der Waals surface area (Å²) in [5.74, 6) is -0.887. The Morgan fingerprint density at radius 2 is 1.70 bits per heavy atom. The average molecular weight is 431 g/mol. The summed E-state index contributed by atoms with van der Waals surface area (Å²) < 4.78 is 40.9. The molecular formula is C23H27FN2O3S. The van der Waals surface area contributed by atoms with Crippen LogP contribution in [-0.4, -0.2) is 43.7 Å². The molecule has 0 saturated carbocycles. The number of sulfonamides is 1. The van der Waals surface area contributed by atoms with Crippen molar-refractivity contribution in [3.63, 3.8) is 0 Å². The van der Waals surface area contributed by atoms with Crippen molar-refractivity contribution in [1.29, 1.82) is 0 Å². The molecule has 1 atom stereocenters. The number of hydrogen-bond donors (Lipinski definition) is 0. The van der Waals surface area contributed by atoms with Crippen LogP contribution in [0.1, 0.15) is 42.9 Å². The Balaban J connectivity index is 1.43. The van der Waals surface area contributed by atoms with Crippen LogP contribution in [-0.2, 0) is 21.2 Å². The zero-order valence-electron chi connectivity index (χ0n) is 17.1. The number of halogens is 1. The fraction of sp³-hybridized carbons (Fsp3) is 0.435. The number of amides is 1. The first kappa shape index (κ1) is 21.0. The van der Waals surface area contributed by atoms with Crippen LogP contribution >= 0.6 is 0 Å². The monoisotopic (exact) mass is 430 g/mol. The van der Waals surface area contributed by atoms with E-state index in [-0.39, 0.29) is 35.9 Å². The Morgan fingerprint density at radius 1 is 1.03 bits per heavy atom. The zero-order chi connectivity index (χ0) is 21.3. The van der Waals surface area contributed by atoms with Crippen LogP contribution in [0.3, 0.4) is 0 Å². The van der Waals surface area contributed by atoms with Crippen LogP contribution in [0.2, 0.25) is 0 Å².